The molecule has 0 fully saturated rings. The topological polar surface area (TPSA) is 66.4 Å². The summed E-state index contributed by atoms with van der Waals surface area (Å²) >= 11 is 5.80. The lowest BCUT2D eigenvalue weighted by Gasteiger charge is -2.06. The van der Waals surface area contributed by atoms with Crippen LogP contribution >= 0.6 is 11.6 Å². The summed E-state index contributed by atoms with van der Waals surface area (Å²) in [5, 5.41) is 12.3. The molecule has 0 aliphatic carbocycles. The molecule has 0 spiro atoms. The van der Waals surface area contributed by atoms with Crippen LogP contribution in [0.4, 0.5) is 0 Å². The number of amides is 1. The zero-order valence-electron chi connectivity index (χ0n) is 11.2. The molecule has 21 heavy (non-hydrogen) atoms. The van der Waals surface area contributed by atoms with E-state index in [0.29, 0.717) is 23.6 Å². The number of hydrogen-bond donors (Lipinski definition) is 2. The number of nitrogens with one attached hydrogen (secondary N) is 1. The molecule has 108 valence electrons. The fourth-order valence-electron chi connectivity index (χ4n) is 1.84. The molecule has 0 aromatic heterocycles. The molecule has 0 unspecified atom stereocenters. The fraction of sp³-hybridized carbons (Fsp3) is 0.125. The van der Waals surface area contributed by atoms with Gasteiger partial charge in [-0.1, -0.05) is 23.7 Å². The molecule has 0 bridgehead atoms. The van der Waals surface area contributed by atoms with Gasteiger partial charge < -0.3 is 10.4 Å². The molecule has 2 aromatic carbocycles. The van der Waals surface area contributed by atoms with Gasteiger partial charge in [0.2, 0.25) is 0 Å². The number of carbonyl (C=O) groups excluding carboxylic acids is 1. The van der Waals surface area contributed by atoms with Crippen molar-refractivity contribution >= 4 is 23.5 Å². The van der Waals surface area contributed by atoms with Crippen LogP contribution in [0, 0.1) is 0 Å². The SMILES string of the molecule is O=C(O)c1ccc(C(=O)NCCc2ccc(Cl)cc2)cc1. The van der Waals surface area contributed by atoms with E-state index in [2.05, 4.69) is 5.32 Å². The molecule has 2 aromatic rings. The highest BCUT2D eigenvalue weighted by molar-refractivity contribution is 6.30. The second kappa shape index (κ2) is 6.90. The van der Waals surface area contributed by atoms with E-state index in [-0.39, 0.29) is 11.5 Å². The Hall–Kier alpha value is -2.33. The highest BCUT2D eigenvalue weighted by atomic mass is 35.5. The summed E-state index contributed by atoms with van der Waals surface area (Å²) in [5.74, 6) is -1.23. The first-order chi connectivity index (χ1) is 10.1. The van der Waals surface area contributed by atoms with Crippen LogP contribution in [0.1, 0.15) is 26.3 Å². The molecule has 0 radical (unpaired) electrons. The number of halogens is 1. The zero-order chi connectivity index (χ0) is 15.2. The lowest BCUT2D eigenvalue weighted by molar-refractivity contribution is 0.0696. The molecule has 2 N–H and O–H groups in total. The van der Waals surface area contributed by atoms with Crippen LogP contribution < -0.4 is 5.32 Å². The number of carboxylic acid groups (broad SMARTS) is 1. The first-order valence-electron chi connectivity index (χ1n) is 6.42. The Morgan fingerprint density at radius 2 is 1.52 bits per heavy atom. The third kappa shape index (κ3) is 4.33. The van der Waals surface area contributed by atoms with Crippen LogP contribution in [0.3, 0.4) is 0 Å². The third-order valence-corrected chi connectivity index (χ3v) is 3.26. The Balaban J connectivity index is 1.86. The maximum atomic E-state index is 11.9. The molecule has 4 nitrogen and oxygen atoms in total. The van der Waals surface area contributed by atoms with Gasteiger partial charge in [0, 0.05) is 17.1 Å². The largest absolute Gasteiger partial charge is 0.478 e. The van der Waals surface area contributed by atoms with Crippen LogP contribution in [-0.2, 0) is 6.42 Å². The maximum Gasteiger partial charge on any atom is 0.335 e. The predicted octanol–water partition coefficient (Wildman–Crippen LogP) is 3.01. The average molecular weight is 304 g/mol. The van der Waals surface area contributed by atoms with Gasteiger partial charge in [-0.2, -0.15) is 0 Å². The molecule has 0 heterocycles. The number of carbonyl (C=O) groups is 2. The summed E-state index contributed by atoms with van der Waals surface area (Å²) in [7, 11) is 0. The van der Waals surface area contributed by atoms with E-state index >= 15 is 0 Å². The third-order valence-electron chi connectivity index (χ3n) is 3.01. The first kappa shape index (κ1) is 15.1. The predicted molar refractivity (Wildman–Crippen MR) is 80.9 cm³/mol. The molecule has 0 atom stereocenters. The molecular weight excluding hydrogens is 290 g/mol. The van der Waals surface area contributed by atoms with Crippen molar-refractivity contribution < 1.29 is 14.7 Å². The number of rotatable bonds is 5. The molecule has 0 aliphatic heterocycles. The first-order valence-corrected chi connectivity index (χ1v) is 6.80. The Bertz CT molecular complexity index is 636. The zero-order valence-corrected chi connectivity index (χ0v) is 11.9. The number of hydrogen-bond acceptors (Lipinski definition) is 2. The van der Waals surface area contributed by atoms with Crippen LogP contribution in [-0.4, -0.2) is 23.5 Å². The minimum absolute atomic E-state index is 0.160. The standard InChI is InChI=1S/C16H14ClNO3/c17-14-7-1-11(2-8-14)9-10-18-15(19)12-3-5-13(6-4-12)16(20)21/h1-8H,9-10H2,(H,18,19)(H,20,21). The van der Waals surface area contributed by atoms with E-state index < -0.39 is 5.97 Å². The number of benzene rings is 2. The van der Waals surface area contributed by atoms with Crippen molar-refractivity contribution in [1.29, 1.82) is 0 Å². The average Bonchev–Trinajstić information content (AvgIpc) is 2.49. The molecule has 0 saturated heterocycles. The van der Waals surface area contributed by atoms with Gasteiger partial charge in [0.15, 0.2) is 0 Å². The van der Waals surface area contributed by atoms with Crippen LogP contribution in [0.15, 0.2) is 48.5 Å². The van der Waals surface area contributed by atoms with Gasteiger partial charge >= 0.3 is 5.97 Å². The summed E-state index contributed by atoms with van der Waals surface area (Å²) in [6.07, 6.45) is 0.704. The highest BCUT2D eigenvalue weighted by Crippen LogP contribution is 2.09. The van der Waals surface area contributed by atoms with Gasteiger partial charge in [-0.3, -0.25) is 4.79 Å². The summed E-state index contributed by atoms with van der Waals surface area (Å²) < 4.78 is 0. The van der Waals surface area contributed by atoms with Crippen molar-refractivity contribution in [3.05, 3.63) is 70.2 Å². The second-order valence-electron chi connectivity index (χ2n) is 4.51. The Labute approximate surface area is 127 Å². The van der Waals surface area contributed by atoms with E-state index in [1.807, 2.05) is 24.3 Å². The molecule has 1 amide bonds. The van der Waals surface area contributed by atoms with E-state index in [1.54, 1.807) is 0 Å². The Morgan fingerprint density at radius 3 is 2.10 bits per heavy atom. The van der Waals surface area contributed by atoms with E-state index in [4.69, 9.17) is 16.7 Å². The van der Waals surface area contributed by atoms with Crippen molar-refractivity contribution in [2.75, 3.05) is 6.54 Å². The van der Waals surface area contributed by atoms with Gasteiger partial charge in [0.05, 0.1) is 5.56 Å². The van der Waals surface area contributed by atoms with Crippen molar-refractivity contribution in [3.63, 3.8) is 0 Å². The van der Waals surface area contributed by atoms with Gasteiger partial charge in [-0.15, -0.1) is 0 Å². The molecule has 0 aliphatic rings. The van der Waals surface area contributed by atoms with Crippen LogP contribution in [0.25, 0.3) is 0 Å². The van der Waals surface area contributed by atoms with Crippen molar-refractivity contribution in [1.82, 2.24) is 5.32 Å². The summed E-state index contributed by atoms with van der Waals surface area (Å²) in [6.45, 7) is 0.501. The molecular formula is C16H14ClNO3. The van der Waals surface area contributed by atoms with Crippen LogP contribution in [0.2, 0.25) is 5.02 Å². The van der Waals surface area contributed by atoms with Crippen molar-refractivity contribution in [2.45, 2.75) is 6.42 Å². The van der Waals surface area contributed by atoms with E-state index in [1.165, 1.54) is 24.3 Å². The smallest absolute Gasteiger partial charge is 0.335 e. The quantitative estimate of drug-likeness (QED) is 0.892. The van der Waals surface area contributed by atoms with Gasteiger partial charge in [0.1, 0.15) is 0 Å². The summed E-state index contributed by atoms with van der Waals surface area (Å²) in [4.78, 5) is 22.6. The number of aromatic carboxylic acids is 1. The molecule has 5 heteroatoms. The maximum absolute atomic E-state index is 11.9. The summed E-state index contributed by atoms with van der Waals surface area (Å²) in [5.41, 5.74) is 1.68. The Morgan fingerprint density at radius 1 is 0.952 bits per heavy atom. The minimum Gasteiger partial charge on any atom is -0.478 e. The fourth-order valence-corrected chi connectivity index (χ4v) is 1.96. The van der Waals surface area contributed by atoms with Gasteiger partial charge in [-0.05, 0) is 48.4 Å². The van der Waals surface area contributed by atoms with Crippen molar-refractivity contribution in [3.8, 4) is 0 Å². The lowest BCUT2D eigenvalue weighted by Crippen LogP contribution is -2.25. The van der Waals surface area contributed by atoms with Gasteiger partial charge in [-0.25, -0.2) is 4.79 Å². The minimum atomic E-state index is -1.01. The Kier molecular flexibility index (Phi) is 4.95. The molecule has 0 saturated carbocycles. The van der Waals surface area contributed by atoms with E-state index in [0.717, 1.165) is 5.56 Å². The van der Waals surface area contributed by atoms with E-state index in [9.17, 15) is 9.59 Å². The molecule has 2 rings (SSSR count). The van der Waals surface area contributed by atoms with Crippen molar-refractivity contribution in [2.24, 2.45) is 0 Å². The lowest BCUT2D eigenvalue weighted by atomic mass is 10.1. The number of carboxylic acids is 1. The highest BCUT2D eigenvalue weighted by Gasteiger charge is 2.07. The summed E-state index contributed by atoms with van der Waals surface area (Å²) in [6, 6.07) is 13.3. The van der Waals surface area contributed by atoms with Crippen LogP contribution in [0.5, 0.6) is 0 Å². The normalized spacial score (nSPS) is 10.1. The van der Waals surface area contributed by atoms with Gasteiger partial charge in [0.25, 0.3) is 5.91 Å². The monoisotopic (exact) mass is 303 g/mol. The second-order valence-corrected chi connectivity index (χ2v) is 4.95.